The van der Waals surface area contributed by atoms with Gasteiger partial charge in [0.25, 0.3) is 0 Å². The van der Waals surface area contributed by atoms with Crippen LogP contribution in [0.15, 0.2) is 59.5 Å². The van der Waals surface area contributed by atoms with Crippen LogP contribution < -0.4 is 0 Å². The molecule has 134 valence electrons. The van der Waals surface area contributed by atoms with E-state index in [1.54, 1.807) is 6.92 Å². The van der Waals surface area contributed by atoms with Gasteiger partial charge < -0.3 is 0 Å². The molecule has 0 nitrogen and oxygen atoms in total. The van der Waals surface area contributed by atoms with E-state index >= 15 is 0 Å². The van der Waals surface area contributed by atoms with Crippen LogP contribution in [0.25, 0.3) is 0 Å². The van der Waals surface area contributed by atoms with Gasteiger partial charge in [-0.2, -0.15) is 0 Å². The van der Waals surface area contributed by atoms with E-state index in [2.05, 4.69) is 18.7 Å². The monoisotopic (exact) mass is 338 g/mol. The number of hydrogen-bond acceptors (Lipinski definition) is 0. The molecular formula is C21H29F3. The van der Waals surface area contributed by atoms with Crippen LogP contribution in [-0.2, 0) is 0 Å². The first-order chi connectivity index (χ1) is 11.4. The zero-order chi connectivity index (χ0) is 18.1. The molecule has 0 aromatic heterocycles. The Bertz CT molecular complexity index is 541. The minimum absolute atomic E-state index is 0.0284. The Morgan fingerprint density at radius 2 is 1.75 bits per heavy atom. The molecule has 0 atom stereocenters. The quantitative estimate of drug-likeness (QED) is 0.330. The lowest BCUT2D eigenvalue weighted by Crippen LogP contribution is -2.14. The number of rotatable bonds is 7. The topological polar surface area (TPSA) is 0 Å². The van der Waals surface area contributed by atoms with Gasteiger partial charge in [-0.15, -0.1) is 0 Å². The highest BCUT2D eigenvalue weighted by Crippen LogP contribution is 2.36. The van der Waals surface area contributed by atoms with Gasteiger partial charge in [0.05, 0.1) is 0 Å². The Balaban J connectivity index is 2.67. The maximum atomic E-state index is 14.1. The lowest BCUT2D eigenvalue weighted by atomic mass is 9.78. The molecule has 0 aliphatic heterocycles. The van der Waals surface area contributed by atoms with Gasteiger partial charge in [0.2, 0.25) is 0 Å². The van der Waals surface area contributed by atoms with Gasteiger partial charge in [-0.1, -0.05) is 31.2 Å². The van der Waals surface area contributed by atoms with E-state index in [-0.39, 0.29) is 17.9 Å². The summed E-state index contributed by atoms with van der Waals surface area (Å²) in [6, 6.07) is 0. The largest absolute Gasteiger partial charge is 0.208 e. The molecule has 3 heteroatoms. The van der Waals surface area contributed by atoms with E-state index in [1.807, 2.05) is 6.92 Å². The Morgan fingerprint density at radius 1 is 1.12 bits per heavy atom. The van der Waals surface area contributed by atoms with Gasteiger partial charge in [-0.05, 0) is 75.5 Å². The van der Waals surface area contributed by atoms with Gasteiger partial charge in [0.15, 0.2) is 5.83 Å². The molecule has 1 fully saturated rings. The van der Waals surface area contributed by atoms with E-state index in [0.29, 0.717) is 12.3 Å². The summed E-state index contributed by atoms with van der Waals surface area (Å²) in [5.74, 6) is -1.54. The summed E-state index contributed by atoms with van der Waals surface area (Å²) in [6.45, 7) is 9.13. The first-order valence-electron chi connectivity index (χ1n) is 8.77. The molecule has 24 heavy (non-hydrogen) atoms. The molecule has 1 saturated carbocycles. The molecular weight excluding hydrogens is 309 g/mol. The number of hydrogen-bond donors (Lipinski definition) is 0. The van der Waals surface area contributed by atoms with Crippen molar-refractivity contribution >= 4 is 0 Å². The molecule has 0 aromatic rings. The van der Waals surface area contributed by atoms with E-state index in [0.717, 1.165) is 37.3 Å². The molecule has 1 aliphatic rings. The summed E-state index contributed by atoms with van der Waals surface area (Å²) in [5, 5.41) is 0. The van der Waals surface area contributed by atoms with Crippen LogP contribution in [0.5, 0.6) is 0 Å². The van der Waals surface area contributed by atoms with Crippen LogP contribution in [0.4, 0.5) is 13.2 Å². The van der Waals surface area contributed by atoms with E-state index in [1.165, 1.54) is 13.0 Å². The Kier molecular flexibility index (Phi) is 8.88. The summed E-state index contributed by atoms with van der Waals surface area (Å²) < 4.78 is 41.6. The smallest absolute Gasteiger partial charge is 0.157 e. The molecule has 0 saturated heterocycles. The van der Waals surface area contributed by atoms with Crippen molar-refractivity contribution in [1.29, 1.82) is 0 Å². The van der Waals surface area contributed by atoms with Crippen molar-refractivity contribution in [2.24, 2.45) is 11.8 Å². The molecule has 0 spiro atoms. The average Bonchev–Trinajstić information content (AvgIpc) is 2.55. The molecule has 0 N–H and O–H groups in total. The van der Waals surface area contributed by atoms with E-state index in [9.17, 15) is 13.2 Å². The first-order valence-corrected chi connectivity index (χ1v) is 8.77. The highest BCUT2D eigenvalue weighted by molar-refractivity contribution is 5.32. The van der Waals surface area contributed by atoms with Crippen LogP contribution >= 0.6 is 0 Å². The molecule has 0 bridgehead atoms. The second-order valence-electron chi connectivity index (χ2n) is 6.52. The lowest BCUT2D eigenvalue weighted by Gasteiger charge is -2.28. The van der Waals surface area contributed by atoms with Crippen LogP contribution in [-0.4, -0.2) is 0 Å². The summed E-state index contributed by atoms with van der Waals surface area (Å²) in [6.07, 6.45) is 11.1. The maximum Gasteiger partial charge on any atom is 0.157 e. The predicted molar refractivity (Wildman–Crippen MR) is 96.5 cm³/mol. The highest BCUT2D eigenvalue weighted by Gasteiger charge is 2.23. The van der Waals surface area contributed by atoms with E-state index in [4.69, 9.17) is 0 Å². The minimum atomic E-state index is -0.974. The zero-order valence-corrected chi connectivity index (χ0v) is 15.0. The lowest BCUT2D eigenvalue weighted by molar-refractivity contribution is 0.338. The molecule has 0 radical (unpaired) electrons. The van der Waals surface area contributed by atoms with Crippen molar-refractivity contribution in [3.8, 4) is 0 Å². The fourth-order valence-corrected chi connectivity index (χ4v) is 3.15. The van der Waals surface area contributed by atoms with Gasteiger partial charge in [-0.3, -0.25) is 0 Å². The third-order valence-electron chi connectivity index (χ3n) is 4.53. The molecule has 1 aliphatic carbocycles. The Labute approximate surface area is 144 Å². The van der Waals surface area contributed by atoms with Gasteiger partial charge in [-0.25, -0.2) is 13.2 Å². The van der Waals surface area contributed by atoms with Gasteiger partial charge in [0, 0.05) is 6.42 Å². The standard InChI is InChI=1S/C21H29F3/c1-5-7-17-9-11-18(12-10-17)15(3)14-20(23)21(24)16(4)13-19(22)8-6-2/h5,7-8,13,17-18H,3,6,9-12,14H2,1-2,4H3/b7-5+,16-13+,19-8+,21-20-. The maximum absolute atomic E-state index is 14.1. The molecule has 0 amide bonds. The van der Waals surface area contributed by atoms with Crippen molar-refractivity contribution in [3.63, 3.8) is 0 Å². The Morgan fingerprint density at radius 3 is 2.29 bits per heavy atom. The third-order valence-corrected chi connectivity index (χ3v) is 4.53. The minimum Gasteiger partial charge on any atom is -0.208 e. The van der Waals surface area contributed by atoms with Crippen LogP contribution in [0.3, 0.4) is 0 Å². The summed E-state index contributed by atoms with van der Waals surface area (Å²) in [5.41, 5.74) is 0.707. The fourth-order valence-electron chi connectivity index (χ4n) is 3.15. The number of allylic oxidation sites excluding steroid dienone is 9. The van der Waals surface area contributed by atoms with E-state index < -0.39 is 17.5 Å². The zero-order valence-electron chi connectivity index (χ0n) is 15.0. The fraction of sp³-hybridized carbons (Fsp3) is 0.524. The Hall–Kier alpha value is -1.51. The number of halogens is 3. The SMILES string of the molecule is C=C(C\C(F)=C(F)/C(C)=C/C(F)=C\CC)C1CCC(/C=C/C)CC1. The van der Waals surface area contributed by atoms with Gasteiger partial charge >= 0.3 is 0 Å². The van der Waals surface area contributed by atoms with Crippen molar-refractivity contribution in [3.05, 3.63) is 59.5 Å². The van der Waals surface area contributed by atoms with Crippen LogP contribution in [0.1, 0.15) is 59.3 Å². The predicted octanol–water partition coefficient (Wildman–Crippen LogP) is 7.68. The molecule has 0 unspecified atom stereocenters. The van der Waals surface area contributed by atoms with Crippen LogP contribution in [0, 0.1) is 11.8 Å². The van der Waals surface area contributed by atoms with Crippen molar-refractivity contribution in [2.45, 2.75) is 59.3 Å². The summed E-state index contributed by atoms with van der Waals surface area (Å²) in [7, 11) is 0. The summed E-state index contributed by atoms with van der Waals surface area (Å²) in [4.78, 5) is 0. The van der Waals surface area contributed by atoms with Gasteiger partial charge in [0.1, 0.15) is 11.7 Å². The molecule has 0 heterocycles. The average molecular weight is 338 g/mol. The van der Waals surface area contributed by atoms with Crippen LogP contribution in [0.2, 0.25) is 0 Å². The van der Waals surface area contributed by atoms with Crippen molar-refractivity contribution < 1.29 is 13.2 Å². The van der Waals surface area contributed by atoms with Crippen molar-refractivity contribution in [1.82, 2.24) is 0 Å². The van der Waals surface area contributed by atoms with Crippen molar-refractivity contribution in [2.75, 3.05) is 0 Å². The highest BCUT2D eigenvalue weighted by atomic mass is 19.2. The molecule has 1 rings (SSSR count). The third kappa shape index (κ3) is 6.54. The first kappa shape index (κ1) is 20.5. The molecule has 0 aromatic carbocycles. The second-order valence-corrected chi connectivity index (χ2v) is 6.52. The summed E-state index contributed by atoms with van der Waals surface area (Å²) >= 11 is 0. The normalized spacial score (nSPS) is 24.2. The second kappa shape index (κ2) is 10.4.